The molecule has 0 saturated carbocycles. The standard InChI is InChI=1S/C19H16F4N2O4/c20-13-3-1-12(2-4-13)9-25-16(10-28-11-17(25)26)18(27)24-14-5-7-15(8-6-14)29-19(21,22)23/h1-8,16H,9-11H2,(H,24,27)/t16-/m0/s1. The number of nitrogens with zero attached hydrogens (tertiary/aromatic N) is 1. The van der Waals surface area contributed by atoms with Crippen LogP contribution in [0.1, 0.15) is 5.56 Å². The third-order valence-corrected chi connectivity index (χ3v) is 4.12. The van der Waals surface area contributed by atoms with Gasteiger partial charge in [0.2, 0.25) is 11.8 Å². The molecule has 3 rings (SSSR count). The third-order valence-electron chi connectivity index (χ3n) is 4.12. The van der Waals surface area contributed by atoms with Gasteiger partial charge in [-0.1, -0.05) is 12.1 Å². The van der Waals surface area contributed by atoms with Crippen molar-refractivity contribution in [2.45, 2.75) is 18.9 Å². The van der Waals surface area contributed by atoms with E-state index < -0.39 is 35.8 Å². The summed E-state index contributed by atoms with van der Waals surface area (Å²) in [5, 5.41) is 2.54. The van der Waals surface area contributed by atoms with Gasteiger partial charge in [0.25, 0.3) is 0 Å². The molecule has 2 aromatic carbocycles. The van der Waals surface area contributed by atoms with Crippen LogP contribution in [0.2, 0.25) is 0 Å². The second kappa shape index (κ2) is 8.48. The SMILES string of the molecule is O=C(Nc1ccc(OC(F)(F)F)cc1)[C@@H]1COCC(=O)N1Cc1ccc(F)cc1. The van der Waals surface area contributed by atoms with Crippen LogP contribution in [0.4, 0.5) is 23.2 Å². The molecule has 0 aromatic heterocycles. The normalized spacial score (nSPS) is 17.2. The Morgan fingerprint density at radius 2 is 1.79 bits per heavy atom. The molecule has 154 valence electrons. The summed E-state index contributed by atoms with van der Waals surface area (Å²) in [6.45, 7) is -0.151. The van der Waals surface area contributed by atoms with Gasteiger partial charge in [-0.25, -0.2) is 4.39 Å². The van der Waals surface area contributed by atoms with Gasteiger partial charge < -0.3 is 19.7 Å². The van der Waals surface area contributed by atoms with Crippen molar-refractivity contribution >= 4 is 17.5 Å². The summed E-state index contributed by atoms with van der Waals surface area (Å²) >= 11 is 0. The van der Waals surface area contributed by atoms with Gasteiger partial charge in [-0.15, -0.1) is 13.2 Å². The third kappa shape index (κ3) is 5.67. The van der Waals surface area contributed by atoms with Gasteiger partial charge in [0.1, 0.15) is 24.2 Å². The van der Waals surface area contributed by atoms with Gasteiger partial charge >= 0.3 is 6.36 Å². The molecule has 2 amide bonds. The van der Waals surface area contributed by atoms with Crippen molar-refractivity contribution in [1.82, 2.24) is 4.90 Å². The summed E-state index contributed by atoms with van der Waals surface area (Å²) < 4.78 is 58.6. The van der Waals surface area contributed by atoms with E-state index in [4.69, 9.17) is 4.74 Å². The number of carbonyl (C=O) groups excluding carboxylic acids is 2. The topological polar surface area (TPSA) is 67.9 Å². The minimum Gasteiger partial charge on any atom is -0.406 e. The van der Waals surface area contributed by atoms with Crippen LogP contribution in [0.5, 0.6) is 5.75 Å². The molecule has 1 fully saturated rings. The zero-order valence-electron chi connectivity index (χ0n) is 14.9. The number of amides is 2. The van der Waals surface area contributed by atoms with Gasteiger partial charge in [-0.3, -0.25) is 9.59 Å². The number of hydrogen-bond acceptors (Lipinski definition) is 4. The number of ether oxygens (including phenoxy) is 2. The molecule has 1 heterocycles. The maximum Gasteiger partial charge on any atom is 0.573 e. The summed E-state index contributed by atoms with van der Waals surface area (Å²) in [5.41, 5.74) is 0.859. The first kappa shape index (κ1) is 20.6. The molecule has 1 aliphatic rings. The quantitative estimate of drug-likeness (QED) is 0.767. The number of halogens is 4. The van der Waals surface area contributed by atoms with Crippen molar-refractivity contribution in [3.63, 3.8) is 0 Å². The summed E-state index contributed by atoms with van der Waals surface area (Å²) in [4.78, 5) is 26.2. The number of anilines is 1. The first-order chi connectivity index (χ1) is 13.7. The van der Waals surface area contributed by atoms with E-state index in [0.717, 1.165) is 12.1 Å². The van der Waals surface area contributed by atoms with E-state index in [2.05, 4.69) is 10.1 Å². The van der Waals surface area contributed by atoms with Crippen LogP contribution in [0.25, 0.3) is 0 Å². The number of carbonyl (C=O) groups is 2. The highest BCUT2D eigenvalue weighted by atomic mass is 19.4. The molecular weight excluding hydrogens is 396 g/mol. The van der Waals surface area contributed by atoms with Crippen molar-refractivity contribution in [2.75, 3.05) is 18.5 Å². The second-order valence-corrected chi connectivity index (χ2v) is 6.24. The van der Waals surface area contributed by atoms with Crippen LogP contribution in [0.15, 0.2) is 48.5 Å². The lowest BCUT2D eigenvalue weighted by atomic mass is 10.1. The van der Waals surface area contributed by atoms with Crippen LogP contribution in [-0.2, 0) is 20.9 Å². The first-order valence-electron chi connectivity index (χ1n) is 8.49. The zero-order chi connectivity index (χ0) is 21.0. The Morgan fingerprint density at radius 3 is 2.41 bits per heavy atom. The fourth-order valence-electron chi connectivity index (χ4n) is 2.77. The molecule has 6 nitrogen and oxygen atoms in total. The fourth-order valence-corrected chi connectivity index (χ4v) is 2.77. The molecule has 1 aliphatic heterocycles. The molecule has 0 aliphatic carbocycles. The van der Waals surface area contributed by atoms with E-state index in [1.807, 2.05) is 0 Å². The Balaban J connectivity index is 1.68. The van der Waals surface area contributed by atoms with Gasteiger partial charge in [-0.2, -0.15) is 0 Å². The molecule has 2 aromatic rings. The Labute approximate surface area is 163 Å². The lowest BCUT2D eigenvalue weighted by Crippen LogP contribution is -2.54. The maximum atomic E-state index is 13.1. The van der Waals surface area contributed by atoms with Crippen LogP contribution < -0.4 is 10.1 Å². The minimum atomic E-state index is -4.81. The second-order valence-electron chi connectivity index (χ2n) is 6.24. The molecule has 10 heteroatoms. The smallest absolute Gasteiger partial charge is 0.406 e. The molecule has 1 saturated heterocycles. The molecule has 0 unspecified atom stereocenters. The Bertz CT molecular complexity index is 869. The average Bonchev–Trinajstić information content (AvgIpc) is 2.65. The van der Waals surface area contributed by atoms with E-state index in [1.54, 1.807) is 0 Å². The molecule has 0 radical (unpaired) electrons. The highest BCUT2D eigenvalue weighted by molar-refractivity contribution is 5.98. The first-order valence-corrected chi connectivity index (χ1v) is 8.49. The summed E-state index contributed by atoms with van der Waals surface area (Å²) in [6, 6.07) is 9.17. The van der Waals surface area contributed by atoms with Crippen LogP contribution >= 0.6 is 0 Å². The van der Waals surface area contributed by atoms with Crippen molar-refractivity contribution < 1.29 is 36.6 Å². The zero-order valence-corrected chi connectivity index (χ0v) is 14.9. The fraction of sp³-hybridized carbons (Fsp3) is 0.263. The monoisotopic (exact) mass is 412 g/mol. The van der Waals surface area contributed by atoms with Crippen molar-refractivity contribution in [3.05, 3.63) is 59.9 Å². The van der Waals surface area contributed by atoms with Crippen molar-refractivity contribution in [1.29, 1.82) is 0 Å². The highest BCUT2D eigenvalue weighted by Gasteiger charge is 2.34. The largest absolute Gasteiger partial charge is 0.573 e. The Hall–Kier alpha value is -3.14. The van der Waals surface area contributed by atoms with Gasteiger partial charge in [0.05, 0.1) is 6.61 Å². The van der Waals surface area contributed by atoms with Gasteiger partial charge in [0, 0.05) is 12.2 Å². The molecule has 1 atom stereocenters. The summed E-state index contributed by atoms with van der Waals surface area (Å²) in [5.74, 6) is -1.82. The lowest BCUT2D eigenvalue weighted by Gasteiger charge is -2.34. The van der Waals surface area contributed by atoms with Crippen molar-refractivity contribution in [2.24, 2.45) is 0 Å². The Morgan fingerprint density at radius 1 is 1.14 bits per heavy atom. The Kier molecular flexibility index (Phi) is 6.02. The lowest BCUT2D eigenvalue weighted by molar-refractivity contribution is -0.274. The number of rotatable bonds is 5. The molecule has 0 bridgehead atoms. The van der Waals surface area contributed by atoms with Gasteiger partial charge in [-0.05, 0) is 42.0 Å². The number of benzene rings is 2. The number of hydrogen-bond donors (Lipinski definition) is 1. The molecule has 29 heavy (non-hydrogen) atoms. The van der Waals surface area contributed by atoms with Crippen LogP contribution in [0, 0.1) is 5.82 Å². The highest BCUT2D eigenvalue weighted by Crippen LogP contribution is 2.24. The summed E-state index contributed by atoms with van der Waals surface area (Å²) in [6.07, 6.45) is -4.81. The average molecular weight is 412 g/mol. The van der Waals surface area contributed by atoms with Crippen LogP contribution in [-0.4, -0.2) is 42.3 Å². The predicted octanol–water partition coefficient (Wildman–Crippen LogP) is 3.09. The van der Waals surface area contributed by atoms with Crippen LogP contribution in [0.3, 0.4) is 0 Å². The van der Waals surface area contributed by atoms with E-state index in [0.29, 0.717) is 5.56 Å². The van der Waals surface area contributed by atoms with E-state index in [9.17, 15) is 27.2 Å². The number of nitrogens with one attached hydrogen (secondary N) is 1. The summed E-state index contributed by atoms with van der Waals surface area (Å²) in [7, 11) is 0. The van der Waals surface area contributed by atoms with E-state index in [-0.39, 0.29) is 25.4 Å². The molecular formula is C19H16F4N2O4. The predicted molar refractivity (Wildman–Crippen MR) is 93.3 cm³/mol. The van der Waals surface area contributed by atoms with E-state index in [1.165, 1.54) is 41.3 Å². The maximum absolute atomic E-state index is 13.1. The van der Waals surface area contributed by atoms with Crippen molar-refractivity contribution in [3.8, 4) is 5.75 Å². The number of morpholine rings is 1. The molecule has 0 spiro atoms. The minimum absolute atomic E-state index is 0.0476. The van der Waals surface area contributed by atoms with E-state index >= 15 is 0 Å². The molecule has 1 N–H and O–H groups in total. The van der Waals surface area contributed by atoms with Gasteiger partial charge in [0.15, 0.2) is 0 Å². The number of alkyl halides is 3.